The second-order valence-electron chi connectivity index (χ2n) is 4.77. The maximum Gasteiger partial charge on any atom is 0.119 e. The molecule has 2 aromatic rings. The van der Waals surface area contributed by atoms with Gasteiger partial charge < -0.3 is 10.1 Å². The van der Waals surface area contributed by atoms with Crippen LogP contribution in [0.2, 0.25) is 0 Å². The molecule has 0 saturated carbocycles. The number of nitrogens with zero attached hydrogens (tertiary/aromatic N) is 1. The molecule has 0 saturated heterocycles. The van der Waals surface area contributed by atoms with Gasteiger partial charge in [-0.05, 0) is 49.2 Å². The summed E-state index contributed by atoms with van der Waals surface area (Å²) in [5.74, 6) is 0.924. The van der Waals surface area contributed by atoms with E-state index in [0.717, 1.165) is 18.8 Å². The Morgan fingerprint density at radius 1 is 0.947 bits per heavy atom. The van der Waals surface area contributed by atoms with Crippen molar-refractivity contribution in [3.63, 3.8) is 0 Å². The van der Waals surface area contributed by atoms with Crippen molar-refractivity contribution in [2.24, 2.45) is 0 Å². The van der Waals surface area contributed by atoms with E-state index in [0.29, 0.717) is 0 Å². The Bertz CT molecular complexity index is 480. The molecule has 0 amide bonds. The van der Waals surface area contributed by atoms with E-state index >= 15 is 0 Å². The fourth-order valence-corrected chi connectivity index (χ4v) is 1.81. The Hall–Kier alpha value is -1.87. The van der Waals surface area contributed by atoms with E-state index < -0.39 is 0 Å². The van der Waals surface area contributed by atoms with Gasteiger partial charge in [0.2, 0.25) is 0 Å². The third-order valence-electron chi connectivity index (χ3n) is 2.70. The zero-order valence-electron chi connectivity index (χ0n) is 11.5. The third kappa shape index (κ3) is 4.72. The van der Waals surface area contributed by atoms with Gasteiger partial charge in [0.1, 0.15) is 5.75 Å². The normalized spacial score (nSPS) is 10.7. The number of ether oxygens (including phenoxy) is 1. The SMILES string of the molecule is CC(C)Oc1ccc(CNCc2ccncc2)cc1. The molecule has 100 valence electrons. The van der Waals surface area contributed by atoms with Gasteiger partial charge in [-0.25, -0.2) is 0 Å². The highest BCUT2D eigenvalue weighted by molar-refractivity contribution is 5.27. The Morgan fingerprint density at radius 2 is 1.53 bits per heavy atom. The Labute approximate surface area is 114 Å². The lowest BCUT2D eigenvalue weighted by molar-refractivity contribution is 0.242. The van der Waals surface area contributed by atoms with E-state index in [4.69, 9.17) is 4.74 Å². The zero-order valence-corrected chi connectivity index (χ0v) is 11.5. The summed E-state index contributed by atoms with van der Waals surface area (Å²) in [4.78, 5) is 4.00. The number of hydrogen-bond acceptors (Lipinski definition) is 3. The van der Waals surface area contributed by atoms with Crippen LogP contribution in [0.1, 0.15) is 25.0 Å². The molecule has 1 heterocycles. The molecule has 1 N–H and O–H groups in total. The summed E-state index contributed by atoms with van der Waals surface area (Å²) in [6.45, 7) is 5.77. The first kappa shape index (κ1) is 13.6. The molecule has 0 aliphatic heterocycles. The van der Waals surface area contributed by atoms with Gasteiger partial charge >= 0.3 is 0 Å². The van der Waals surface area contributed by atoms with E-state index in [1.807, 2.05) is 50.5 Å². The first-order valence-electron chi connectivity index (χ1n) is 6.59. The van der Waals surface area contributed by atoms with E-state index in [-0.39, 0.29) is 6.10 Å². The minimum absolute atomic E-state index is 0.218. The molecule has 3 nitrogen and oxygen atoms in total. The van der Waals surface area contributed by atoms with Gasteiger partial charge in [-0.3, -0.25) is 4.98 Å². The summed E-state index contributed by atoms with van der Waals surface area (Å²) in [6.07, 6.45) is 3.85. The maximum absolute atomic E-state index is 5.62. The van der Waals surface area contributed by atoms with Gasteiger partial charge in [0, 0.05) is 25.5 Å². The Balaban J connectivity index is 1.80. The highest BCUT2D eigenvalue weighted by atomic mass is 16.5. The highest BCUT2D eigenvalue weighted by Gasteiger charge is 1.98. The third-order valence-corrected chi connectivity index (χ3v) is 2.70. The molecular formula is C16H20N2O. The molecule has 1 aromatic heterocycles. The van der Waals surface area contributed by atoms with Gasteiger partial charge in [-0.1, -0.05) is 12.1 Å². The predicted molar refractivity (Wildman–Crippen MR) is 77.0 cm³/mol. The van der Waals surface area contributed by atoms with E-state index in [1.54, 1.807) is 0 Å². The summed E-state index contributed by atoms with van der Waals surface area (Å²) in [7, 11) is 0. The average Bonchev–Trinajstić information content (AvgIpc) is 2.41. The molecule has 19 heavy (non-hydrogen) atoms. The summed E-state index contributed by atoms with van der Waals surface area (Å²) in [6, 6.07) is 12.3. The predicted octanol–water partition coefficient (Wildman–Crippen LogP) is 3.16. The van der Waals surface area contributed by atoms with Crippen molar-refractivity contribution in [1.82, 2.24) is 10.3 Å². The molecule has 0 atom stereocenters. The van der Waals surface area contributed by atoms with Gasteiger partial charge in [0.25, 0.3) is 0 Å². The van der Waals surface area contributed by atoms with Crippen LogP contribution in [-0.4, -0.2) is 11.1 Å². The van der Waals surface area contributed by atoms with E-state index in [9.17, 15) is 0 Å². The summed E-state index contributed by atoms with van der Waals surface area (Å²) in [5.41, 5.74) is 2.50. The zero-order chi connectivity index (χ0) is 13.5. The van der Waals surface area contributed by atoms with Crippen LogP contribution < -0.4 is 10.1 Å². The molecule has 0 bridgehead atoms. The molecule has 2 rings (SSSR count). The molecule has 0 spiro atoms. The topological polar surface area (TPSA) is 34.1 Å². The molecule has 0 radical (unpaired) electrons. The summed E-state index contributed by atoms with van der Waals surface area (Å²) >= 11 is 0. The fourth-order valence-electron chi connectivity index (χ4n) is 1.81. The van der Waals surface area contributed by atoms with E-state index in [1.165, 1.54) is 11.1 Å². The quantitative estimate of drug-likeness (QED) is 0.862. The van der Waals surface area contributed by atoms with Crippen molar-refractivity contribution < 1.29 is 4.74 Å². The second-order valence-corrected chi connectivity index (χ2v) is 4.77. The van der Waals surface area contributed by atoms with Crippen molar-refractivity contribution >= 4 is 0 Å². The van der Waals surface area contributed by atoms with Crippen molar-refractivity contribution in [1.29, 1.82) is 0 Å². The Morgan fingerprint density at radius 3 is 2.11 bits per heavy atom. The summed E-state index contributed by atoms with van der Waals surface area (Å²) < 4.78 is 5.62. The van der Waals surface area contributed by atoms with Crippen LogP contribution in [0.4, 0.5) is 0 Å². The lowest BCUT2D eigenvalue weighted by Gasteiger charge is -2.10. The molecular weight excluding hydrogens is 236 g/mol. The number of rotatable bonds is 6. The van der Waals surface area contributed by atoms with Crippen LogP contribution in [0.25, 0.3) is 0 Å². The van der Waals surface area contributed by atoms with Crippen molar-refractivity contribution in [2.75, 3.05) is 0 Å². The van der Waals surface area contributed by atoms with E-state index in [2.05, 4.69) is 22.4 Å². The number of aromatic nitrogens is 1. The second kappa shape index (κ2) is 6.90. The number of benzene rings is 1. The van der Waals surface area contributed by atoms with Crippen LogP contribution >= 0.6 is 0 Å². The van der Waals surface area contributed by atoms with Crippen LogP contribution in [0, 0.1) is 0 Å². The van der Waals surface area contributed by atoms with Crippen LogP contribution in [-0.2, 0) is 13.1 Å². The first-order chi connectivity index (χ1) is 9.24. The molecule has 0 aliphatic rings. The smallest absolute Gasteiger partial charge is 0.119 e. The van der Waals surface area contributed by atoms with Gasteiger partial charge in [0.05, 0.1) is 6.10 Å². The number of pyridine rings is 1. The van der Waals surface area contributed by atoms with Gasteiger partial charge in [0.15, 0.2) is 0 Å². The molecule has 3 heteroatoms. The fraction of sp³-hybridized carbons (Fsp3) is 0.312. The van der Waals surface area contributed by atoms with Crippen LogP contribution in [0.3, 0.4) is 0 Å². The number of nitrogens with one attached hydrogen (secondary N) is 1. The standard InChI is InChI=1S/C16H20N2O/c1-13(2)19-16-5-3-14(4-6-16)11-18-12-15-7-9-17-10-8-15/h3-10,13,18H,11-12H2,1-2H3. The molecule has 0 fully saturated rings. The van der Waals surface area contributed by atoms with Gasteiger partial charge in [-0.2, -0.15) is 0 Å². The minimum Gasteiger partial charge on any atom is -0.491 e. The highest BCUT2D eigenvalue weighted by Crippen LogP contribution is 2.13. The van der Waals surface area contributed by atoms with Crippen LogP contribution in [0.15, 0.2) is 48.8 Å². The maximum atomic E-state index is 5.62. The molecule has 1 aromatic carbocycles. The minimum atomic E-state index is 0.218. The molecule has 0 unspecified atom stereocenters. The Kier molecular flexibility index (Phi) is 4.93. The average molecular weight is 256 g/mol. The monoisotopic (exact) mass is 256 g/mol. The van der Waals surface area contributed by atoms with Crippen molar-refractivity contribution in [3.8, 4) is 5.75 Å². The summed E-state index contributed by atoms with van der Waals surface area (Å²) in [5, 5.41) is 3.41. The molecule has 0 aliphatic carbocycles. The lowest BCUT2D eigenvalue weighted by Crippen LogP contribution is -2.12. The van der Waals surface area contributed by atoms with Crippen molar-refractivity contribution in [3.05, 3.63) is 59.9 Å². The van der Waals surface area contributed by atoms with Crippen LogP contribution in [0.5, 0.6) is 5.75 Å². The largest absolute Gasteiger partial charge is 0.491 e. The lowest BCUT2D eigenvalue weighted by atomic mass is 10.2. The van der Waals surface area contributed by atoms with Crippen molar-refractivity contribution in [2.45, 2.75) is 33.0 Å². The van der Waals surface area contributed by atoms with Gasteiger partial charge in [-0.15, -0.1) is 0 Å². The number of hydrogen-bond donors (Lipinski definition) is 1. The first-order valence-corrected chi connectivity index (χ1v) is 6.59.